The topological polar surface area (TPSA) is 20.2 Å². The summed E-state index contributed by atoms with van der Waals surface area (Å²) in [5.41, 5.74) is 2.54. The third-order valence-corrected chi connectivity index (χ3v) is 8.30. The van der Waals surface area contributed by atoms with Crippen molar-refractivity contribution in [1.82, 2.24) is 0 Å². The van der Waals surface area contributed by atoms with Gasteiger partial charge in [0.05, 0.1) is 6.61 Å². The monoisotopic (exact) mass is 302 g/mol. The molecule has 0 saturated heterocycles. The van der Waals surface area contributed by atoms with E-state index in [1.165, 1.54) is 77.0 Å². The van der Waals surface area contributed by atoms with Crippen molar-refractivity contribution in [2.45, 2.75) is 84.0 Å². The number of rotatable bonds is 3. The van der Waals surface area contributed by atoms with Crippen molar-refractivity contribution in [3.63, 3.8) is 0 Å². The van der Waals surface area contributed by atoms with E-state index in [1.54, 1.807) is 5.57 Å². The van der Waals surface area contributed by atoms with Crippen LogP contribution in [-0.2, 0) is 0 Å². The van der Waals surface area contributed by atoms with Crippen LogP contribution in [0, 0.1) is 28.6 Å². The van der Waals surface area contributed by atoms with Gasteiger partial charge in [-0.05, 0) is 81.0 Å². The van der Waals surface area contributed by atoms with E-state index in [0.717, 1.165) is 17.8 Å². The molecule has 0 aromatic carbocycles. The van der Waals surface area contributed by atoms with Crippen LogP contribution in [0.2, 0.25) is 0 Å². The third kappa shape index (κ3) is 2.00. The Hall–Kier alpha value is -0.300. The maximum absolute atomic E-state index is 10.4. The normalized spacial score (nSPS) is 47.4. The highest BCUT2D eigenvalue weighted by Gasteiger charge is 2.57. The van der Waals surface area contributed by atoms with Gasteiger partial charge in [0.25, 0.3) is 0 Å². The fraction of sp³-hybridized carbons (Fsp3) is 0.905. The van der Waals surface area contributed by atoms with Crippen molar-refractivity contribution >= 4 is 0 Å². The lowest BCUT2D eigenvalue weighted by Crippen LogP contribution is -2.51. The summed E-state index contributed by atoms with van der Waals surface area (Å²) in [5, 5.41) is 10.4. The number of fused-ring (bicyclic) bond motifs is 5. The van der Waals surface area contributed by atoms with Gasteiger partial charge in [0.1, 0.15) is 0 Å². The lowest BCUT2D eigenvalue weighted by Gasteiger charge is -2.58. The largest absolute Gasteiger partial charge is 0.395 e. The Labute approximate surface area is 136 Å². The standard InChI is InChI=1S/C21H34O/c1-2-11-20-12-5-7-18(20)17-9-8-16-6-3-4-13-21(16,15-22)19(17)10-14-20/h8,17-19,22H,2-7,9-15H2,1H3/t17-,18-,19-,20-,21+/m0/s1. The maximum atomic E-state index is 10.4. The molecule has 1 heteroatoms. The average molecular weight is 303 g/mol. The Morgan fingerprint density at radius 2 is 2.00 bits per heavy atom. The molecular weight excluding hydrogens is 268 g/mol. The fourth-order valence-electron chi connectivity index (χ4n) is 7.50. The molecule has 0 aliphatic heterocycles. The van der Waals surface area contributed by atoms with Crippen molar-refractivity contribution in [3.05, 3.63) is 11.6 Å². The van der Waals surface area contributed by atoms with Crippen LogP contribution in [0.15, 0.2) is 11.6 Å². The van der Waals surface area contributed by atoms with Crippen LogP contribution < -0.4 is 0 Å². The maximum Gasteiger partial charge on any atom is 0.0527 e. The second-order valence-electron chi connectivity index (χ2n) is 8.91. The highest BCUT2D eigenvalue weighted by atomic mass is 16.3. The number of hydrogen-bond acceptors (Lipinski definition) is 1. The predicted octanol–water partition coefficient (Wildman–Crippen LogP) is 5.48. The Balaban J connectivity index is 1.68. The lowest BCUT2D eigenvalue weighted by molar-refractivity contribution is -0.0628. The SMILES string of the molecule is CCC[C@@]12CCC[C@H]1[C@@H]1CC=C3CCCC[C@]3(CO)[C@H]1CC2. The zero-order chi connectivity index (χ0) is 15.2. The van der Waals surface area contributed by atoms with Crippen molar-refractivity contribution in [3.8, 4) is 0 Å². The van der Waals surface area contributed by atoms with E-state index >= 15 is 0 Å². The van der Waals surface area contributed by atoms with Crippen LogP contribution in [-0.4, -0.2) is 11.7 Å². The van der Waals surface area contributed by atoms with Crippen LogP contribution in [0.25, 0.3) is 0 Å². The molecular formula is C21H34O. The average Bonchev–Trinajstić information content (AvgIpc) is 2.98. The molecule has 0 aromatic rings. The molecule has 4 aliphatic carbocycles. The molecule has 0 spiro atoms. The molecule has 0 amide bonds. The zero-order valence-corrected chi connectivity index (χ0v) is 14.4. The third-order valence-electron chi connectivity index (χ3n) is 8.30. The molecule has 1 N–H and O–H groups in total. The minimum Gasteiger partial charge on any atom is -0.395 e. The van der Waals surface area contributed by atoms with Gasteiger partial charge in [-0.1, -0.05) is 37.8 Å². The first-order valence-electron chi connectivity index (χ1n) is 10.1. The van der Waals surface area contributed by atoms with E-state index in [0.29, 0.717) is 12.0 Å². The highest BCUT2D eigenvalue weighted by molar-refractivity contribution is 5.25. The molecule has 3 fully saturated rings. The summed E-state index contributed by atoms with van der Waals surface area (Å²) in [6, 6.07) is 0. The molecule has 4 rings (SSSR count). The Bertz CT molecular complexity index is 453. The molecule has 0 radical (unpaired) electrons. The van der Waals surface area contributed by atoms with Crippen LogP contribution in [0.4, 0.5) is 0 Å². The molecule has 0 heterocycles. The molecule has 1 nitrogen and oxygen atoms in total. The van der Waals surface area contributed by atoms with Gasteiger partial charge in [0.15, 0.2) is 0 Å². The first kappa shape index (κ1) is 15.2. The quantitative estimate of drug-likeness (QED) is 0.684. The highest BCUT2D eigenvalue weighted by Crippen LogP contribution is 2.65. The van der Waals surface area contributed by atoms with Gasteiger partial charge in [0, 0.05) is 5.41 Å². The molecule has 22 heavy (non-hydrogen) atoms. The van der Waals surface area contributed by atoms with Crippen molar-refractivity contribution in [2.24, 2.45) is 28.6 Å². The van der Waals surface area contributed by atoms with Crippen LogP contribution >= 0.6 is 0 Å². The Morgan fingerprint density at radius 1 is 1.09 bits per heavy atom. The van der Waals surface area contributed by atoms with Gasteiger partial charge in [-0.3, -0.25) is 0 Å². The minimum absolute atomic E-state index is 0.197. The smallest absolute Gasteiger partial charge is 0.0527 e. The summed E-state index contributed by atoms with van der Waals surface area (Å²) in [7, 11) is 0. The lowest BCUT2D eigenvalue weighted by atomic mass is 9.47. The molecule has 124 valence electrons. The van der Waals surface area contributed by atoms with E-state index < -0.39 is 0 Å². The first-order valence-corrected chi connectivity index (χ1v) is 10.1. The zero-order valence-electron chi connectivity index (χ0n) is 14.4. The van der Waals surface area contributed by atoms with Crippen LogP contribution in [0.5, 0.6) is 0 Å². The Kier molecular flexibility index (Phi) is 3.92. The second-order valence-corrected chi connectivity index (χ2v) is 8.91. The van der Waals surface area contributed by atoms with Gasteiger partial charge in [0.2, 0.25) is 0 Å². The van der Waals surface area contributed by atoms with Gasteiger partial charge in [-0.15, -0.1) is 0 Å². The van der Waals surface area contributed by atoms with Gasteiger partial charge in [-0.2, -0.15) is 0 Å². The van der Waals surface area contributed by atoms with Crippen LogP contribution in [0.1, 0.15) is 84.0 Å². The van der Waals surface area contributed by atoms with Gasteiger partial charge < -0.3 is 5.11 Å². The molecule has 0 aromatic heterocycles. The number of aliphatic hydroxyl groups excluding tert-OH is 1. The summed E-state index contributed by atoms with van der Waals surface area (Å²) in [6.45, 7) is 2.80. The number of hydrogen-bond donors (Lipinski definition) is 1. The van der Waals surface area contributed by atoms with Crippen LogP contribution in [0.3, 0.4) is 0 Å². The minimum atomic E-state index is 0.197. The predicted molar refractivity (Wildman–Crippen MR) is 91.6 cm³/mol. The van der Waals surface area contributed by atoms with E-state index in [9.17, 15) is 5.11 Å². The second kappa shape index (κ2) is 5.65. The Morgan fingerprint density at radius 3 is 2.82 bits per heavy atom. The summed E-state index contributed by atoms with van der Waals surface area (Å²) < 4.78 is 0. The van der Waals surface area contributed by atoms with Crippen molar-refractivity contribution in [1.29, 1.82) is 0 Å². The first-order chi connectivity index (χ1) is 10.8. The molecule has 5 atom stereocenters. The number of aliphatic hydroxyl groups is 1. The molecule has 0 unspecified atom stereocenters. The molecule has 4 aliphatic rings. The molecule has 0 bridgehead atoms. The summed E-state index contributed by atoms with van der Waals surface area (Å²) >= 11 is 0. The summed E-state index contributed by atoms with van der Waals surface area (Å²) in [4.78, 5) is 0. The number of allylic oxidation sites excluding steroid dienone is 1. The fourth-order valence-corrected chi connectivity index (χ4v) is 7.50. The van der Waals surface area contributed by atoms with E-state index in [1.807, 2.05) is 0 Å². The molecule has 3 saturated carbocycles. The van der Waals surface area contributed by atoms with E-state index in [4.69, 9.17) is 0 Å². The van der Waals surface area contributed by atoms with E-state index in [-0.39, 0.29) is 5.41 Å². The van der Waals surface area contributed by atoms with E-state index in [2.05, 4.69) is 13.0 Å². The van der Waals surface area contributed by atoms with Crippen molar-refractivity contribution in [2.75, 3.05) is 6.61 Å². The van der Waals surface area contributed by atoms with Gasteiger partial charge in [-0.25, -0.2) is 0 Å². The van der Waals surface area contributed by atoms with Crippen molar-refractivity contribution < 1.29 is 5.11 Å². The van der Waals surface area contributed by atoms with Gasteiger partial charge >= 0.3 is 0 Å². The summed E-state index contributed by atoms with van der Waals surface area (Å²) in [6.07, 6.45) is 19.3. The summed E-state index contributed by atoms with van der Waals surface area (Å²) in [5.74, 6) is 2.65.